The van der Waals surface area contributed by atoms with E-state index in [2.05, 4.69) is 9.97 Å². The molecule has 2 atom stereocenters. The molecule has 13 heteroatoms. The van der Waals surface area contributed by atoms with Crippen LogP contribution in [0, 0.1) is 5.41 Å². The zero-order valence-electron chi connectivity index (χ0n) is 21.2. The summed E-state index contributed by atoms with van der Waals surface area (Å²) < 4.78 is 49.5. The first kappa shape index (κ1) is 26.0. The number of hydrogen-bond donors (Lipinski definition) is 0. The standard InChI is InChI=1S/C24H30F3N5O4S/c1-22(2,3)36-21(34)32-8-14(35-4)5-17(32)20(33)31-11-23(12-31)9-30(10-23)18-16-6-15(7-24(25,26)27)37-19(16)29-13-28-18/h6,13-14,17H,5,7-12H2,1-4H3/t14-,17-/m0/s1. The lowest BCUT2D eigenvalue weighted by molar-refractivity contribution is -0.150. The molecular weight excluding hydrogens is 511 g/mol. The minimum atomic E-state index is -4.28. The molecule has 0 saturated carbocycles. The third-order valence-corrected chi connectivity index (χ3v) is 8.00. The largest absolute Gasteiger partial charge is 0.444 e. The predicted octanol–water partition coefficient (Wildman–Crippen LogP) is 3.47. The van der Waals surface area contributed by atoms with Crippen LogP contribution in [0.2, 0.25) is 0 Å². The Hall–Kier alpha value is -2.67. The van der Waals surface area contributed by atoms with Crippen molar-refractivity contribution in [3.05, 3.63) is 17.3 Å². The van der Waals surface area contributed by atoms with Crippen LogP contribution in [0.3, 0.4) is 0 Å². The number of alkyl halides is 3. The Bertz CT molecular complexity index is 1200. The number of fused-ring (bicyclic) bond motifs is 1. The molecule has 5 heterocycles. The number of carbonyl (C=O) groups excluding carboxylic acids is 2. The van der Waals surface area contributed by atoms with Gasteiger partial charge in [0.15, 0.2) is 0 Å². The van der Waals surface area contributed by atoms with Gasteiger partial charge in [-0.3, -0.25) is 9.69 Å². The van der Waals surface area contributed by atoms with Gasteiger partial charge in [0.1, 0.15) is 28.6 Å². The first-order valence-corrected chi connectivity index (χ1v) is 12.9. The topological polar surface area (TPSA) is 88.1 Å². The molecule has 3 aliphatic rings. The summed E-state index contributed by atoms with van der Waals surface area (Å²) in [4.78, 5) is 40.6. The van der Waals surface area contributed by atoms with Crippen molar-refractivity contribution in [2.75, 3.05) is 44.7 Å². The smallest absolute Gasteiger partial charge is 0.411 e. The van der Waals surface area contributed by atoms with E-state index in [0.29, 0.717) is 55.2 Å². The van der Waals surface area contributed by atoms with E-state index in [1.165, 1.54) is 17.3 Å². The number of halogens is 3. The van der Waals surface area contributed by atoms with Crippen LogP contribution in [0.4, 0.5) is 23.8 Å². The molecule has 0 radical (unpaired) electrons. The zero-order valence-corrected chi connectivity index (χ0v) is 22.0. The maximum atomic E-state index is 13.3. The molecule has 2 aromatic heterocycles. The van der Waals surface area contributed by atoms with Crippen LogP contribution in [-0.4, -0.2) is 95.5 Å². The normalized spacial score (nSPS) is 23.4. The number of aromatic nitrogens is 2. The molecule has 2 aromatic rings. The van der Waals surface area contributed by atoms with Crippen molar-refractivity contribution in [1.82, 2.24) is 19.8 Å². The summed E-state index contributed by atoms with van der Waals surface area (Å²) >= 11 is 1.03. The summed E-state index contributed by atoms with van der Waals surface area (Å²) in [6.07, 6.45) is -4.22. The van der Waals surface area contributed by atoms with Crippen molar-refractivity contribution in [2.24, 2.45) is 5.41 Å². The minimum absolute atomic E-state index is 0.0895. The number of rotatable bonds is 4. The van der Waals surface area contributed by atoms with Crippen LogP contribution in [0.1, 0.15) is 32.1 Å². The Morgan fingerprint density at radius 2 is 1.86 bits per heavy atom. The number of thiophene rings is 1. The quantitative estimate of drug-likeness (QED) is 0.586. The van der Waals surface area contributed by atoms with Crippen LogP contribution < -0.4 is 4.90 Å². The number of nitrogens with zero attached hydrogens (tertiary/aromatic N) is 5. The van der Waals surface area contributed by atoms with Gasteiger partial charge in [0.25, 0.3) is 0 Å². The van der Waals surface area contributed by atoms with E-state index in [1.54, 1.807) is 32.8 Å². The van der Waals surface area contributed by atoms with Crippen molar-refractivity contribution in [1.29, 1.82) is 0 Å². The third-order valence-electron chi connectivity index (χ3n) is 6.96. The van der Waals surface area contributed by atoms with Gasteiger partial charge in [0, 0.05) is 50.0 Å². The Kier molecular flexibility index (Phi) is 6.29. The SMILES string of the molecule is CO[C@H]1C[C@@H](C(=O)N2CC3(C2)CN(c2ncnc4sc(CC(F)(F)F)cc24)C3)N(C(=O)OC(C)(C)C)C1. The number of likely N-dealkylation sites (tertiary alicyclic amines) is 2. The highest BCUT2D eigenvalue weighted by atomic mass is 32.1. The summed E-state index contributed by atoms with van der Waals surface area (Å²) in [5.41, 5.74) is -0.762. The van der Waals surface area contributed by atoms with Crippen LogP contribution in [0.15, 0.2) is 12.4 Å². The van der Waals surface area contributed by atoms with E-state index in [-0.39, 0.29) is 22.3 Å². The zero-order chi connectivity index (χ0) is 26.8. The van der Waals surface area contributed by atoms with E-state index >= 15 is 0 Å². The maximum absolute atomic E-state index is 13.3. The number of carbonyl (C=O) groups is 2. The average Bonchev–Trinajstić information content (AvgIpc) is 3.33. The number of methoxy groups -OCH3 is 1. The lowest BCUT2D eigenvalue weighted by Gasteiger charge is -2.61. The second kappa shape index (κ2) is 8.97. The first-order valence-electron chi connectivity index (χ1n) is 12.1. The molecule has 3 fully saturated rings. The Balaban J connectivity index is 1.22. The first-order chi connectivity index (χ1) is 17.3. The second-order valence-electron chi connectivity index (χ2n) is 11.2. The fourth-order valence-corrected chi connectivity index (χ4v) is 6.42. The van der Waals surface area contributed by atoms with Gasteiger partial charge < -0.3 is 19.3 Å². The maximum Gasteiger partial charge on any atom is 0.411 e. The van der Waals surface area contributed by atoms with Crippen molar-refractivity contribution in [2.45, 2.75) is 57.5 Å². The highest BCUT2D eigenvalue weighted by molar-refractivity contribution is 7.18. The van der Waals surface area contributed by atoms with Crippen molar-refractivity contribution in [3.8, 4) is 0 Å². The van der Waals surface area contributed by atoms with Gasteiger partial charge in [-0.25, -0.2) is 14.8 Å². The van der Waals surface area contributed by atoms with Crippen LogP contribution in [0.5, 0.6) is 0 Å². The summed E-state index contributed by atoms with van der Waals surface area (Å²) in [7, 11) is 1.57. The van der Waals surface area contributed by atoms with E-state index in [1.807, 2.05) is 4.90 Å². The van der Waals surface area contributed by atoms with Crippen LogP contribution >= 0.6 is 11.3 Å². The number of anilines is 1. The predicted molar refractivity (Wildman–Crippen MR) is 131 cm³/mol. The van der Waals surface area contributed by atoms with E-state index in [9.17, 15) is 22.8 Å². The molecule has 1 spiro atoms. The van der Waals surface area contributed by atoms with Crippen molar-refractivity contribution in [3.63, 3.8) is 0 Å². The summed E-state index contributed by atoms with van der Waals surface area (Å²) in [5, 5.41) is 0.624. The second-order valence-corrected chi connectivity index (χ2v) is 12.3. The van der Waals surface area contributed by atoms with Crippen LogP contribution in [0.25, 0.3) is 10.2 Å². The fraction of sp³-hybridized carbons (Fsp3) is 0.667. The lowest BCUT2D eigenvalue weighted by atomic mass is 9.72. The number of hydrogen-bond acceptors (Lipinski definition) is 8. The van der Waals surface area contributed by atoms with Gasteiger partial charge in [-0.05, 0) is 26.8 Å². The molecule has 3 aliphatic heterocycles. The summed E-state index contributed by atoms with van der Waals surface area (Å²) in [6, 6.07) is 0.898. The Morgan fingerprint density at radius 3 is 2.49 bits per heavy atom. The minimum Gasteiger partial charge on any atom is -0.444 e. The molecule has 0 aliphatic carbocycles. The molecule has 5 rings (SSSR count). The van der Waals surface area contributed by atoms with Gasteiger partial charge in [-0.15, -0.1) is 11.3 Å². The van der Waals surface area contributed by atoms with E-state index in [4.69, 9.17) is 9.47 Å². The highest BCUT2D eigenvalue weighted by Gasteiger charge is 2.56. The van der Waals surface area contributed by atoms with E-state index < -0.39 is 30.3 Å². The fourth-order valence-electron chi connectivity index (χ4n) is 5.40. The number of amides is 2. The third kappa shape index (κ3) is 5.20. The molecule has 202 valence electrons. The molecule has 0 N–H and O–H groups in total. The molecular formula is C24H30F3N5O4S. The van der Waals surface area contributed by atoms with E-state index in [0.717, 1.165) is 11.3 Å². The molecule has 0 unspecified atom stereocenters. The molecule has 0 bridgehead atoms. The highest BCUT2D eigenvalue weighted by Crippen LogP contribution is 2.44. The molecule has 9 nitrogen and oxygen atoms in total. The number of ether oxygens (including phenoxy) is 2. The van der Waals surface area contributed by atoms with Gasteiger partial charge in [0.05, 0.1) is 24.5 Å². The molecule has 0 aromatic carbocycles. The van der Waals surface area contributed by atoms with Crippen molar-refractivity contribution >= 4 is 39.4 Å². The van der Waals surface area contributed by atoms with Crippen molar-refractivity contribution < 1.29 is 32.2 Å². The monoisotopic (exact) mass is 541 g/mol. The van der Waals surface area contributed by atoms with Crippen LogP contribution in [-0.2, 0) is 20.7 Å². The molecule has 3 saturated heterocycles. The van der Waals surface area contributed by atoms with Gasteiger partial charge in [0.2, 0.25) is 5.91 Å². The molecule has 37 heavy (non-hydrogen) atoms. The Labute approximate surface area is 216 Å². The Morgan fingerprint density at radius 1 is 1.16 bits per heavy atom. The molecule has 2 amide bonds. The van der Waals surface area contributed by atoms with Gasteiger partial charge in [-0.2, -0.15) is 13.2 Å². The van der Waals surface area contributed by atoms with Gasteiger partial charge in [-0.1, -0.05) is 0 Å². The summed E-state index contributed by atoms with van der Waals surface area (Å²) in [5.74, 6) is 0.508. The summed E-state index contributed by atoms with van der Waals surface area (Å²) in [6.45, 7) is 8.05. The van der Waals surface area contributed by atoms with Gasteiger partial charge >= 0.3 is 12.3 Å². The average molecular weight is 542 g/mol. The lowest BCUT2D eigenvalue weighted by Crippen LogP contribution is -2.74.